The first-order chi connectivity index (χ1) is 10.6. The summed E-state index contributed by atoms with van der Waals surface area (Å²) in [5.41, 5.74) is 6.72. The highest BCUT2D eigenvalue weighted by Gasteiger charge is 2.23. The molecule has 0 aromatic rings. The maximum absolute atomic E-state index is 9.56. The Bertz CT molecular complexity index is 506. The van der Waals surface area contributed by atoms with Crippen molar-refractivity contribution in [3.8, 4) is 0 Å². The van der Waals surface area contributed by atoms with Crippen LogP contribution in [0.1, 0.15) is 59.3 Å². The number of rotatable bonds is 1. The van der Waals surface area contributed by atoms with Crippen LogP contribution in [-0.2, 0) is 4.74 Å². The molecule has 0 fully saturated rings. The standard InChI is InChI=1S/C20H30O2/c1-15-6-4-8-16(2)10-11-19-18(13-21)14-22-20(19)12-17(3)9-5-7-15/h7-8,12,20-21H,4-6,9-11,13-14H2,1-3H3/b15-7+,16-8+,17-12+/t20-/m0/s1. The average Bonchev–Trinajstić information content (AvgIpc) is 2.86. The molecule has 0 spiro atoms. The Hall–Kier alpha value is -1.12. The quantitative estimate of drug-likeness (QED) is 0.700. The van der Waals surface area contributed by atoms with E-state index in [4.69, 9.17) is 4.74 Å². The fraction of sp³-hybridized carbons (Fsp3) is 0.600. The van der Waals surface area contributed by atoms with Gasteiger partial charge >= 0.3 is 0 Å². The molecule has 1 aliphatic carbocycles. The molecule has 0 bridgehead atoms. The summed E-state index contributed by atoms with van der Waals surface area (Å²) < 4.78 is 5.90. The summed E-state index contributed by atoms with van der Waals surface area (Å²) in [5.74, 6) is 0. The SMILES string of the molecule is C/C1=C\CC/C(C)=C/[C@@H]2OCC(CO)=C2CC/C(C)=C/CC1. The van der Waals surface area contributed by atoms with Gasteiger partial charge in [-0.2, -0.15) is 0 Å². The van der Waals surface area contributed by atoms with E-state index in [1.54, 1.807) is 0 Å². The van der Waals surface area contributed by atoms with Gasteiger partial charge in [-0.1, -0.05) is 34.9 Å². The normalized spacial score (nSPS) is 32.2. The summed E-state index contributed by atoms with van der Waals surface area (Å²) in [7, 11) is 0. The van der Waals surface area contributed by atoms with Crippen LogP contribution in [0.3, 0.4) is 0 Å². The molecule has 1 heterocycles. The molecule has 0 saturated carbocycles. The lowest BCUT2D eigenvalue weighted by atomic mass is 9.95. The van der Waals surface area contributed by atoms with Gasteiger partial charge in [-0.25, -0.2) is 0 Å². The molecule has 1 aliphatic heterocycles. The van der Waals surface area contributed by atoms with Crippen molar-refractivity contribution in [3.05, 3.63) is 46.1 Å². The molecular weight excluding hydrogens is 272 g/mol. The molecule has 2 aliphatic rings. The molecule has 0 amide bonds. The predicted molar refractivity (Wildman–Crippen MR) is 92.8 cm³/mol. The summed E-state index contributed by atoms with van der Waals surface area (Å²) >= 11 is 0. The molecule has 1 N–H and O–H groups in total. The number of hydrogen-bond donors (Lipinski definition) is 1. The first-order valence-corrected chi connectivity index (χ1v) is 8.52. The summed E-state index contributed by atoms with van der Waals surface area (Å²) in [6.07, 6.45) is 13.6. The molecular formula is C20H30O2. The van der Waals surface area contributed by atoms with Gasteiger partial charge in [-0.3, -0.25) is 0 Å². The van der Waals surface area contributed by atoms with E-state index >= 15 is 0 Å². The first kappa shape index (κ1) is 17.2. The van der Waals surface area contributed by atoms with Gasteiger partial charge in [0.15, 0.2) is 0 Å². The number of allylic oxidation sites excluding steroid dienone is 5. The van der Waals surface area contributed by atoms with E-state index in [1.165, 1.54) is 22.3 Å². The van der Waals surface area contributed by atoms with Crippen molar-refractivity contribution in [2.45, 2.75) is 65.4 Å². The largest absolute Gasteiger partial charge is 0.392 e. The Kier molecular flexibility index (Phi) is 6.66. The second-order valence-electron chi connectivity index (χ2n) is 6.71. The van der Waals surface area contributed by atoms with Crippen molar-refractivity contribution in [1.82, 2.24) is 0 Å². The fourth-order valence-corrected chi connectivity index (χ4v) is 3.17. The van der Waals surface area contributed by atoms with Gasteiger partial charge < -0.3 is 9.84 Å². The Morgan fingerprint density at radius 3 is 2.27 bits per heavy atom. The van der Waals surface area contributed by atoms with Crippen LogP contribution in [-0.4, -0.2) is 24.4 Å². The Balaban J connectivity index is 2.20. The summed E-state index contributed by atoms with van der Waals surface area (Å²) in [4.78, 5) is 0. The van der Waals surface area contributed by atoms with Crippen LogP contribution in [0.15, 0.2) is 46.1 Å². The van der Waals surface area contributed by atoms with Crippen LogP contribution in [0.2, 0.25) is 0 Å². The van der Waals surface area contributed by atoms with Crippen LogP contribution in [0, 0.1) is 0 Å². The van der Waals surface area contributed by atoms with Crippen molar-refractivity contribution in [2.75, 3.05) is 13.2 Å². The van der Waals surface area contributed by atoms with Crippen molar-refractivity contribution in [3.63, 3.8) is 0 Å². The number of ether oxygens (including phenoxy) is 1. The minimum Gasteiger partial charge on any atom is -0.392 e. The lowest BCUT2D eigenvalue weighted by Gasteiger charge is -2.14. The monoisotopic (exact) mass is 302 g/mol. The van der Waals surface area contributed by atoms with Crippen molar-refractivity contribution < 1.29 is 9.84 Å². The highest BCUT2D eigenvalue weighted by molar-refractivity contribution is 5.30. The van der Waals surface area contributed by atoms with Crippen LogP contribution in [0.5, 0.6) is 0 Å². The molecule has 0 unspecified atom stereocenters. The fourth-order valence-electron chi connectivity index (χ4n) is 3.17. The number of aliphatic hydroxyl groups excluding tert-OH is 1. The van der Waals surface area contributed by atoms with Gasteiger partial charge in [0.25, 0.3) is 0 Å². The molecule has 0 saturated heterocycles. The Morgan fingerprint density at radius 2 is 1.59 bits per heavy atom. The second kappa shape index (κ2) is 8.50. The minimum absolute atomic E-state index is 0.0722. The number of fused-ring (bicyclic) bond motifs is 1. The second-order valence-corrected chi connectivity index (χ2v) is 6.71. The lowest BCUT2D eigenvalue weighted by Crippen LogP contribution is -2.08. The summed E-state index contributed by atoms with van der Waals surface area (Å²) in [6, 6.07) is 0. The molecule has 2 rings (SSSR count). The molecule has 2 nitrogen and oxygen atoms in total. The highest BCUT2D eigenvalue weighted by atomic mass is 16.5. The van der Waals surface area contributed by atoms with Gasteiger partial charge in [-0.05, 0) is 70.4 Å². The maximum atomic E-state index is 9.56. The zero-order chi connectivity index (χ0) is 15.9. The number of aliphatic hydroxyl groups is 1. The van der Waals surface area contributed by atoms with E-state index in [0.29, 0.717) is 6.61 Å². The van der Waals surface area contributed by atoms with E-state index < -0.39 is 0 Å². The van der Waals surface area contributed by atoms with Gasteiger partial charge in [0, 0.05) is 0 Å². The molecule has 0 radical (unpaired) electrons. The topological polar surface area (TPSA) is 29.5 Å². The van der Waals surface area contributed by atoms with E-state index in [1.807, 2.05) is 0 Å². The molecule has 122 valence electrons. The van der Waals surface area contributed by atoms with Crippen LogP contribution < -0.4 is 0 Å². The molecule has 0 aromatic carbocycles. The van der Waals surface area contributed by atoms with Gasteiger partial charge in [0.05, 0.1) is 19.3 Å². The summed E-state index contributed by atoms with van der Waals surface area (Å²) in [6.45, 7) is 7.36. The third-order valence-corrected chi connectivity index (χ3v) is 4.71. The van der Waals surface area contributed by atoms with Crippen molar-refractivity contribution in [1.29, 1.82) is 0 Å². The first-order valence-electron chi connectivity index (χ1n) is 8.52. The van der Waals surface area contributed by atoms with Gasteiger partial charge in [-0.15, -0.1) is 0 Å². The van der Waals surface area contributed by atoms with Crippen LogP contribution in [0.4, 0.5) is 0 Å². The van der Waals surface area contributed by atoms with E-state index in [-0.39, 0.29) is 12.7 Å². The third-order valence-electron chi connectivity index (χ3n) is 4.71. The molecule has 2 heteroatoms. The molecule has 1 atom stereocenters. The molecule has 22 heavy (non-hydrogen) atoms. The highest BCUT2D eigenvalue weighted by Crippen LogP contribution is 2.29. The Morgan fingerprint density at radius 1 is 0.955 bits per heavy atom. The minimum atomic E-state index is 0.0722. The zero-order valence-electron chi connectivity index (χ0n) is 14.3. The van der Waals surface area contributed by atoms with Gasteiger partial charge in [0.1, 0.15) is 0 Å². The Labute approximate surface area is 135 Å². The van der Waals surface area contributed by atoms with Crippen LogP contribution >= 0.6 is 0 Å². The van der Waals surface area contributed by atoms with E-state index in [9.17, 15) is 5.11 Å². The van der Waals surface area contributed by atoms with E-state index in [0.717, 1.165) is 44.1 Å². The number of hydrogen-bond acceptors (Lipinski definition) is 2. The smallest absolute Gasteiger partial charge is 0.0978 e. The van der Waals surface area contributed by atoms with E-state index in [2.05, 4.69) is 39.0 Å². The van der Waals surface area contributed by atoms with Crippen molar-refractivity contribution >= 4 is 0 Å². The zero-order valence-corrected chi connectivity index (χ0v) is 14.3. The molecule has 0 aromatic heterocycles. The average molecular weight is 302 g/mol. The lowest BCUT2D eigenvalue weighted by molar-refractivity contribution is 0.146. The predicted octanol–water partition coefficient (Wildman–Crippen LogP) is 4.87. The van der Waals surface area contributed by atoms with Gasteiger partial charge in [0.2, 0.25) is 0 Å². The maximum Gasteiger partial charge on any atom is 0.0978 e. The van der Waals surface area contributed by atoms with Crippen LogP contribution in [0.25, 0.3) is 0 Å². The van der Waals surface area contributed by atoms with Crippen molar-refractivity contribution in [2.24, 2.45) is 0 Å². The summed E-state index contributed by atoms with van der Waals surface area (Å²) in [5, 5.41) is 9.56. The third kappa shape index (κ3) is 4.96.